The smallest absolute Gasteiger partial charge is 0.337 e. The molecule has 1 N–H and O–H groups in total. The van der Waals surface area contributed by atoms with Crippen molar-refractivity contribution >= 4 is 17.6 Å². The van der Waals surface area contributed by atoms with Crippen LogP contribution in [-0.2, 0) is 4.79 Å². The molecule has 108 valence electrons. The number of likely N-dealkylation sites (N-methyl/N-ethyl adjacent to an activating group) is 1. The second-order valence-electron chi connectivity index (χ2n) is 5.27. The fourth-order valence-corrected chi connectivity index (χ4v) is 2.51. The van der Waals surface area contributed by atoms with Crippen LogP contribution in [0.5, 0.6) is 0 Å². The molecule has 1 aromatic carbocycles. The van der Waals surface area contributed by atoms with Gasteiger partial charge in [0.2, 0.25) is 5.91 Å². The molecule has 5 nitrogen and oxygen atoms in total. The Bertz CT molecular complexity index is 522. The Morgan fingerprint density at radius 1 is 1.30 bits per heavy atom. The van der Waals surface area contributed by atoms with Crippen molar-refractivity contribution in [3.8, 4) is 0 Å². The molecule has 0 unspecified atom stereocenters. The predicted octanol–water partition coefficient (Wildman–Crippen LogP) is 1.75. The van der Waals surface area contributed by atoms with Gasteiger partial charge in [-0.1, -0.05) is 11.6 Å². The maximum absolute atomic E-state index is 12.1. The Balaban J connectivity index is 2.14. The normalized spacial score (nSPS) is 14.4. The minimum atomic E-state index is -0.968. The number of hydrogen-bond donors (Lipinski definition) is 1. The summed E-state index contributed by atoms with van der Waals surface area (Å²) in [5.41, 5.74) is 1.71. The van der Waals surface area contributed by atoms with Gasteiger partial charge in [-0.2, -0.15) is 0 Å². The summed E-state index contributed by atoms with van der Waals surface area (Å²) in [6.45, 7) is 3.69. The van der Waals surface area contributed by atoms with E-state index >= 15 is 0 Å². The standard InChI is InChI=1S/C15H20N2O3/c1-11-5-6-13(12(9-11)15(19)20)16(2)10-14(18)17-7-3-4-8-17/h5-6,9H,3-4,7-8,10H2,1-2H3,(H,19,20). The van der Waals surface area contributed by atoms with E-state index in [4.69, 9.17) is 0 Å². The highest BCUT2D eigenvalue weighted by atomic mass is 16.4. The molecule has 1 fully saturated rings. The summed E-state index contributed by atoms with van der Waals surface area (Å²) >= 11 is 0. The van der Waals surface area contributed by atoms with Gasteiger partial charge in [0.1, 0.15) is 0 Å². The molecule has 0 spiro atoms. The highest BCUT2D eigenvalue weighted by molar-refractivity contribution is 5.95. The summed E-state index contributed by atoms with van der Waals surface area (Å²) in [7, 11) is 1.76. The zero-order valence-electron chi connectivity index (χ0n) is 11.9. The number of hydrogen-bond acceptors (Lipinski definition) is 3. The first-order valence-corrected chi connectivity index (χ1v) is 6.82. The molecule has 5 heteroatoms. The number of aromatic carboxylic acids is 1. The molecule has 0 aromatic heterocycles. The van der Waals surface area contributed by atoms with Gasteiger partial charge in [0, 0.05) is 20.1 Å². The lowest BCUT2D eigenvalue weighted by Crippen LogP contribution is -2.37. The average molecular weight is 276 g/mol. The van der Waals surface area contributed by atoms with Crippen molar-refractivity contribution in [1.82, 2.24) is 4.90 Å². The second-order valence-corrected chi connectivity index (χ2v) is 5.27. The van der Waals surface area contributed by atoms with Crippen LogP contribution in [0.15, 0.2) is 18.2 Å². The molecule has 1 amide bonds. The largest absolute Gasteiger partial charge is 0.478 e. The Kier molecular flexibility index (Phi) is 4.27. The SMILES string of the molecule is Cc1ccc(N(C)CC(=O)N2CCCC2)c(C(=O)O)c1. The van der Waals surface area contributed by atoms with Crippen molar-refractivity contribution in [2.45, 2.75) is 19.8 Å². The molecule has 0 bridgehead atoms. The number of carboxylic acids is 1. The first kappa shape index (κ1) is 14.4. The van der Waals surface area contributed by atoms with Gasteiger partial charge < -0.3 is 14.9 Å². The van der Waals surface area contributed by atoms with Crippen LogP contribution in [0.2, 0.25) is 0 Å². The van der Waals surface area contributed by atoms with Gasteiger partial charge in [-0.05, 0) is 31.9 Å². The maximum Gasteiger partial charge on any atom is 0.337 e. The van der Waals surface area contributed by atoms with E-state index < -0.39 is 5.97 Å². The van der Waals surface area contributed by atoms with Crippen LogP contribution >= 0.6 is 0 Å². The lowest BCUT2D eigenvalue weighted by atomic mass is 10.1. The Hall–Kier alpha value is -2.04. The fraction of sp³-hybridized carbons (Fsp3) is 0.467. The topological polar surface area (TPSA) is 60.9 Å². The van der Waals surface area contributed by atoms with Crippen molar-refractivity contribution in [3.05, 3.63) is 29.3 Å². The van der Waals surface area contributed by atoms with Crippen LogP contribution in [-0.4, -0.2) is 48.6 Å². The quantitative estimate of drug-likeness (QED) is 0.910. The van der Waals surface area contributed by atoms with Crippen LogP contribution in [0.4, 0.5) is 5.69 Å². The molecule has 20 heavy (non-hydrogen) atoms. The van der Waals surface area contributed by atoms with Crippen LogP contribution in [0.3, 0.4) is 0 Å². The van der Waals surface area contributed by atoms with Crippen LogP contribution in [0.1, 0.15) is 28.8 Å². The molecular weight excluding hydrogens is 256 g/mol. The Morgan fingerprint density at radius 3 is 2.55 bits per heavy atom. The van der Waals surface area contributed by atoms with E-state index in [-0.39, 0.29) is 18.0 Å². The summed E-state index contributed by atoms with van der Waals surface area (Å²) < 4.78 is 0. The van der Waals surface area contributed by atoms with Crippen molar-refractivity contribution in [2.24, 2.45) is 0 Å². The third kappa shape index (κ3) is 3.10. The van der Waals surface area contributed by atoms with Gasteiger partial charge in [0.25, 0.3) is 0 Å². The van der Waals surface area contributed by atoms with Gasteiger partial charge in [0.15, 0.2) is 0 Å². The van der Waals surface area contributed by atoms with Crippen LogP contribution < -0.4 is 4.90 Å². The van der Waals surface area contributed by atoms with Gasteiger partial charge in [-0.3, -0.25) is 4.79 Å². The number of carbonyl (C=O) groups excluding carboxylic acids is 1. The average Bonchev–Trinajstić information content (AvgIpc) is 2.92. The zero-order valence-corrected chi connectivity index (χ0v) is 11.9. The summed E-state index contributed by atoms with van der Waals surface area (Å²) in [5, 5.41) is 9.26. The summed E-state index contributed by atoms with van der Waals surface area (Å²) in [6.07, 6.45) is 2.11. The third-order valence-corrected chi connectivity index (χ3v) is 3.62. The van der Waals surface area contributed by atoms with Gasteiger partial charge in [-0.15, -0.1) is 0 Å². The molecule has 1 aromatic rings. The number of rotatable bonds is 4. The predicted molar refractivity (Wildman–Crippen MR) is 77.2 cm³/mol. The van der Waals surface area contributed by atoms with Crippen LogP contribution in [0, 0.1) is 6.92 Å². The van der Waals surface area contributed by atoms with Crippen LogP contribution in [0.25, 0.3) is 0 Å². The number of carbonyl (C=O) groups is 2. The van der Waals surface area contributed by atoms with E-state index in [9.17, 15) is 14.7 Å². The molecule has 1 saturated heterocycles. The first-order valence-electron chi connectivity index (χ1n) is 6.82. The number of carboxylic acid groups (broad SMARTS) is 1. The molecule has 1 heterocycles. The summed E-state index contributed by atoms with van der Waals surface area (Å²) in [5.74, 6) is -0.911. The number of nitrogens with zero attached hydrogens (tertiary/aromatic N) is 2. The van der Waals surface area contributed by atoms with Gasteiger partial charge >= 0.3 is 5.97 Å². The van der Waals surface area contributed by atoms with E-state index in [1.54, 1.807) is 24.1 Å². The number of amides is 1. The fourth-order valence-electron chi connectivity index (χ4n) is 2.51. The molecule has 0 atom stereocenters. The van der Waals surface area contributed by atoms with E-state index in [1.807, 2.05) is 17.9 Å². The van der Waals surface area contributed by atoms with Crippen molar-refractivity contribution in [1.29, 1.82) is 0 Å². The van der Waals surface area contributed by atoms with E-state index in [2.05, 4.69) is 0 Å². The van der Waals surface area contributed by atoms with Crippen molar-refractivity contribution in [2.75, 3.05) is 31.6 Å². The molecule has 0 radical (unpaired) electrons. The Morgan fingerprint density at radius 2 is 1.95 bits per heavy atom. The molecule has 0 saturated carbocycles. The molecule has 2 rings (SSSR count). The molecule has 1 aliphatic heterocycles. The molecular formula is C15H20N2O3. The highest BCUT2D eigenvalue weighted by Gasteiger charge is 2.21. The zero-order chi connectivity index (χ0) is 14.7. The van der Waals surface area contributed by atoms with E-state index in [1.165, 1.54) is 0 Å². The number of aryl methyl sites for hydroxylation is 1. The lowest BCUT2D eigenvalue weighted by Gasteiger charge is -2.24. The summed E-state index contributed by atoms with van der Waals surface area (Å²) in [6, 6.07) is 5.25. The van der Waals surface area contributed by atoms with Gasteiger partial charge in [0.05, 0.1) is 17.8 Å². The van der Waals surface area contributed by atoms with E-state index in [0.29, 0.717) is 5.69 Å². The van der Waals surface area contributed by atoms with Crippen molar-refractivity contribution in [3.63, 3.8) is 0 Å². The number of benzene rings is 1. The van der Waals surface area contributed by atoms with Crippen molar-refractivity contribution < 1.29 is 14.7 Å². The minimum Gasteiger partial charge on any atom is -0.478 e. The highest BCUT2D eigenvalue weighted by Crippen LogP contribution is 2.21. The summed E-state index contributed by atoms with van der Waals surface area (Å²) in [4.78, 5) is 27.0. The minimum absolute atomic E-state index is 0.0573. The number of anilines is 1. The second kappa shape index (κ2) is 5.94. The molecule has 1 aliphatic rings. The van der Waals surface area contributed by atoms with E-state index in [0.717, 1.165) is 31.5 Å². The lowest BCUT2D eigenvalue weighted by molar-refractivity contribution is -0.128. The molecule has 0 aliphatic carbocycles. The Labute approximate surface area is 118 Å². The maximum atomic E-state index is 12.1. The number of likely N-dealkylation sites (tertiary alicyclic amines) is 1. The first-order chi connectivity index (χ1) is 9.49. The monoisotopic (exact) mass is 276 g/mol. The van der Waals surface area contributed by atoms with Gasteiger partial charge in [-0.25, -0.2) is 4.79 Å². The third-order valence-electron chi connectivity index (χ3n) is 3.62.